The first-order valence-corrected chi connectivity index (χ1v) is 9.84. The van der Waals surface area contributed by atoms with Crippen LogP contribution in [-0.2, 0) is 16.1 Å². The van der Waals surface area contributed by atoms with E-state index in [0.29, 0.717) is 22.9 Å². The summed E-state index contributed by atoms with van der Waals surface area (Å²) >= 11 is 5.93. The zero-order chi connectivity index (χ0) is 21.4. The molecule has 2 rings (SSSR count). The molecule has 29 heavy (non-hydrogen) atoms. The standard InChI is InChI=1S/C22H26ClFN2O3/c1-15(2)12-25-22(28)16(3)26(13-17-7-4-5-10-20(17)24)21(27)14-29-19-9-6-8-18(23)11-19/h4-11,15-16H,12-14H2,1-3H3,(H,25,28)/t16-/m1/s1. The van der Waals surface area contributed by atoms with E-state index in [-0.39, 0.29) is 25.0 Å². The van der Waals surface area contributed by atoms with E-state index in [9.17, 15) is 14.0 Å². The number of nitrogens with one attached hydrogen (secondary N) is 1. The maximum Gasteiger partial charge on any atom is 0.261 e. The number of nitrogens with zero attached hydrogens (tertiary/aromatic N) is 1. The Bertz CT molecular complexity index is 844. The summed E-state index contributed by atoms with van der Waals surface area (Å²) in [6, 6.07) is 12.1. The van der Waals surface area contributed by atoms with E-state index in [1.807, 2.05) is 13.8 Å². The Morgan fingerprint density at radius 3 is 2.52 bits per heavy atom. The smallest absolute Gasteiger partial charge is 0.261 e. The predicted octanol–water partition coefficient (Wildman–Crippen LogP) is 4.05. The topological polar surface area (TPSA) is 58.6 Å². The van der Waals surface area contributed by atoms with E-state index in [1.54, 1.807) is 49.4 Å². The second-order valence-corrected chi connectivity index (χ2v) is 7.61. The van der Waals surface area contributed by atoms with Gasteiger partial charge in [0.15, 0.2) is 6.61 Å². The normalized spacial score (nSPS) is 11.8. The number of benzene rings is 2. The minimum atomic E-state index is -0.788. The lowest BCUT2D eigenvalue weighted by molar-refractivity contribution is -0.142. The summed E-state index contributed by atoms with van der Waals surface area (Å²) in [6.45, 7) is 5.73. The molecule has 0 bridgehead atoms. The SMILES string of the molecule is CC(C)CNC(=O)[C@@H](C)N(Cc1ccccc1F)C(=O)COc1cccc(Cl)c1. The zero-order valence-corrected chi connectivity index (χ0v) is 17.6. The fourth-order valence-electron chi connectivity index (χ4n) is 2.63. The third-order valence-corrected chi connectivity index (χ3v) is 4.54. The van der Waals surface area contributed by atoms with Crippen molar-refractivity contribution in [3.05, 3.63) is 64.9 Å². The first kappa shape index (κ1) is 22.7. The number of hydrogen-bond donors (Lipinski definition) is 1. The molecule has 0 unspecified atom stereocenters. The summed E-state index contributed by atoms with van der Waals surface area (Å²) in [6.07, 6.45) is 0. The second-order valence-electron chi connectivity index (χ2n) is 7.17. The summed E-state index contributed by atoms with van der Waals surface area (Å²) < 4.78 is 19.7. The first-order valence-electron chi connectivity index (χ1n) is 9.47. The van der Waals surface area contributed by atoms with Crippen molar-refractivity contribution in [2.75, 3.05) is 13.2 Å². The Kier molecular flexibility index (Phi) is 8.46. The molecule has 1 N–H and O–H groups in total. The van der Waals surface area contributed by atoms with Crippen molar-refractivity contribution in [2.45, 2.75) is 33.4 Å². The van der Waals surface area contributed by atoms with Gasteiger partial charge in [-0.25, -0.2) is 4.39 Å². The Balaban J connectivity index is 2.14. The number of rotatable bonds is 9. The summed E-state index contributed by atoms with van der Waals surface area (Å²) in [4.78, 5) is 26.7. The number of amides is 2. The predicted molar refractivity (Wildman–Crippen MR) is 111 cm³/mol. The van der Waals surface area contributed by atoms with E-state index in [1.165, 1.54) is 11.0 Å². The van der Waals surface area contributed by atoms with Gasteiger partial charge in [-0.15, -0.1) is 0 Å². The van der Waals surface area contributed by atoms with Crippen molar-refractivity contribution >= 4 is 23.4 Å². The summed E-state index contributed by atoms with van der Waals surface area (Å²) in [5.41, 5.74) is 0.326. The molecular weight excluding hydrogens is 395 g/mol. The lowest BCUT2D eigenvalue weighted by Gasteiger charge is -2.29. The van der Waals surface area contributed by atoms with Crippen molar-refractivity contribution in [1.29, 1.82) is 0 Å². The summed E-state index contributed by atoms with van der Waals surface area (Å²) in [5.74, 6) is -0.455. The van der Waals surface area contributed by atoms with Gasteiger partial charge in [0.2, 0.25) is 5.91 Å². The highest BCUT2D eigenvalue weighted by Crippen LogP contribution is 2.18. The van der Waals surface area contributed by atoms with Crippen molar-refractivity contribution in [1.82, 2.24) is 10.2 Å². The Morgan fingerprint density at radius 2 is 1.86 bits per heavy atom. The largest absolute Gasteiger partial charge is 0.484 e. The molecule has 0 aliphatic heterocycles. The zero-order valence-electron chi connectivity index (χ0n) is 16.8. The van der Waals surface area contributed by atoms with Crippen LogP contribution >= 0.6 is 11.6 Å². The van der Waals surface area contributed by atoms with Gasteiger partial charge in [0.25, 0.3) is 5.91 Å². The van der Waals surface area contributed by atoms with Crippen LogP contribution in [0.25, 0.3) is 0 Å². The molecule has 0 saturated heterocycles. The van der Waals surface area contributed by atoms with Crippen molar-refractivity contribution in [3.8, 4) is 5.75 Å². The molecule has 0 radical (unpaired) electrons. The van der Waals surface area contributed by atoms with Crippen LogP contribution in [0.2, 0.25) is 5.02 Å². The van der Waals surface area contributed by atoms with E-state index >= 15 is 0 Å². The Morgan fingerprint density at radius 1 is 1.14 bits per heavy atom. The second kappa shape index (κ2) is 10.8. The van der Waals surface area contributed by atoms with Crippen LogP contribution in [0.5, 0.6) is 5.75 Å². The van der Waals surface area contributed by atoms with Crippen LogP contribution in [-0.4, -0.2) is 35.9 Å². The van der Waals surface area contributed by atoms with Gasteiger partial charge in [-0.05, 0) is 37.1 Å². The minimum absolute atomic E-state index is 0.0410. The number of carbonyl (C=O) groups excluding carboxylic acids is 2. The molecule has 0 saturated carbocycles. The molecule has 2 aromatic rings. The third kappa shape index (κ3) is 7.06. The van der Waals surface area contributed by atoms with Gasteiger partial charge in [-0.2, -0.15) is 0 Å². The van der Waals surface area contributed by atoms with Crippen LogP contribution < -0.4 is 10.1 Å². The molecular formula is C22H26ClFN2O3. The lowest BCUT2D eigenvalue weighted by atomic mass is 10.1. The molecule has 0 heterocycles. The van der Waals surface area contributed by atoms with Crippen LogP contribution in [0.15, 0.2) is 48.5 Å². The van der Waals surface area contributed by atoms with Crippen molar-refractivity contribution in [2.24, 2.45) is 5.92 Å². The van der Waals surface area contributed by atoms with Gasteiger partial charge in [-0.1, -0.05) is 49.7 Å². The average Bonchev–Trinajstić information content (AvgIpc) is 2.69. The molecule has 1 atom stereocenters. The lowest BCUT2D eigenvalue weighted by Crippen LogP contribution is -2.49. The monoisotopic (exact) mass is 420 g/mol. The Labute approximate surface area is 175 Å². The van der Waals surface area contributed by atoms with Crippen LogP contribution in [0.3, 0.4) is 0 Å². The number of halogens is 2. The molecule has 5 nitrogen and oxygen atoms in total. The Hall–Kier alpha value is -2.60. The van der Waals surface area contributed by atoms with Gasteiger partial charge in [0, 0.05) is 23.7 Å². The van der Waals surface area contributed by atoms with E-state index in [2.05, 4.69) is 5.32 Å². The van der Waals surface area contributed by atoms with Gasteiger partial charge in [-0.3, -0.25) is 9.59 Å². The molecule has 2 amide bonds. The average molecular weight is 421 g/mol. The fourth-order valence-corrected chi connectivity index (χ4v) is 2.81. The van der Waals surface area contributed by atoms with Gasteiger partial charge >= 0.3 is 0 Å². The molecule has 2 aromatic carbocycles. The molecule has 7 heteroatoms. The molecule has 156 valence electrons. The molecule has 0 spiro atoms. The maximum absolute atomic E-state index is 14.1. The van der Waals surface area contributed by atoms with E-state index in [0.717, 1.165) is 0 Å². The van der Waals surface area contributed by atoms with Gasteiger partial charge in [0.05, 0.1) is 0 Å². The van der Waals surface area contributed by atoms with Crippen LogP contribution in [0.4, 0.5) is 4.39 Å². The van der Waals surface area contributed by atoms with Crippen molar-refractivity contribution < 1.29 is 18.7 Å². The quantitative estimate of drug-likeness (QED) is 0.665. The molecule has 0 aromatic heterocycles. The maximum atomic E-state index is 14.1. The minimum Gasteiger partial charge on any atom is -0.484 e. The highest BCUT2D eigenvalue weighted by Gasteiger charge is 2.27. The van der Waals surface area contributed by atoms with Crippen LogP contribution in [0.1, 0.15) is 26.3 Å². The summed E-state index contributed by atoms with van der Waals surface area (Å²) in [5, 5.41) is 3.30. The number of hydrogen-bond acceptors (Lipinski definition) is 3. The first-order chi connectivity index (χ1) is 13.8. The van der Waals surface area contributed by atoms with Gasteiger partial charge in [0.1, 0.15) is 17.6 Å². The van der Waals surface area contributed by atoms with Crippen LogP contribution in [0, 0.1) is 11.7 Å². The highest BCUT2D eigenvalue weighted by molar-refractivity contribution is 6.30. The third-order valence-electron chi connectivity index (χ3n) is 4.31. The molecule has 0 aliphatic rings. The summed E-state index contributed by atoms with van der Waals surface area (Å²) in [7, 11) is 0. The highest BCUT2D eigenvalue weighted by atomic mass is 35.5. The number of carbonyl (C=O) groups is 2. The molecule has 0 aliphatic carbocycles. The van der Waals surface area contributed by atoms with E-state index < -0.39 is 17.8 Å². The van der Waals surface area contributed by atoms with Gasteiger partial charge < -0.3 is 15.0 Å². The fraction of sp³-hybridized carbons (Fsp3) is 0.364. The number of ether oxygens (including phenoxy) is 1. The van der Waals surface area contributed by atoms with E-state index in [4.69, 9.17) is 16.3 Å². The molecule has 0 fully saturated rings. The van der Waals surface area contributed by atoms with Crippen molar-refractivity contribution in [3.63, 3.8) is 0 Å².